The van der Waals surface area contributed by atoms with Crippen LogP contribution in [-0.4, -0.2) is 56.5 Å². The fourth-order valence-corrected chi connectivity index (χ4v) is 3.15. The lowest BCUT2D eigenvalue weighted by Crippen LogP contribution is -2.51. The van der Waals surface area contributed by atoms with Crippen LogP contribution in [0.3, 0.4) is 0 Å². The number of amides is 2. The predicted molar refractivity (Wildman–Crippen MR) is 105 cm³/mol. The minimum Gasteiger partial charge on any atom is -0.497 e. The van der Waals surface area contributed by atoms with E-state index in [2.05, 4.69) is 10.2 Å². The van der Waals surface area contributed by atoms with Crippen LogP contribution < -0.4 is 15.0 Å². The van der Waals surface area contributed by atoms with E-state index < -0.39 is 0 Å². The molecule has 0 bridgehead atoms. The zero-order valence-electron chi connectivity index (χ0n) is 15.6. The summed E-state index contributed by atoms with van der Waals surface area (Å²) in [5.74, 6) is 0.651. The summed E-state index contributed by atoms with van der Waals surface area (Å²) in [5.41, 5.74) is 2.03. The third-order valence-corrected chi connectivity index (χ3v) is 4.70. The standard InChI is InChI=1S/C21H25N3O3/c1-27-19-9-5-8-18(15-19)23-10-12-24(13-11-23)21(26)16-22-20(25)14-17-6-3-2-4-7-17/h2-9,15H,10-14,16H2,1H3,(H,22,25). The molecular formula is C21H25N3O3. The highest BCUT2D eigenvalue weighted by molar-refractivity contribution is 5.85. The van der Waals surface area contributed by atoms with E-state index in [1.807, 2.05) is 54.6 Å². The van der Waals surface area contributed by atoms with E-state index in [4.69, 9.17) is 4.74 Å². The van der Waals surface area contributed by atoms with Crippen molar-refractivity contribution in [2.24, 2.45) is 0 Å². The molecule has 0 unspecified atom stereocenters. The summed E-state index contributed by atoms with van der Waals surface area (Å²) in [4.78, 5) is 28.4. The summed E-state index contributed by atoms with van der Waals surface area (Å²) < 4.78 is 5.27. The summed E-state index contributed by atoms with van der Waals surface area (Å²) in [6.45, 7) is 2.85. The van der Waals surface area contributed by atoms with Gasteiger partial charge >= 0.3 is 0 Å². The van der Waals surface area contributed by atoms with Gasteiger partial charge in [-0.25, -0.2) is 0 Å². The van der Waals surface area contributed by atoms with Crippen molar-refractivity contribution < 1.29 is 14.3 Å². The number of nitrogens with one attached hydrogen (secondary N) is 1. The van der Waals surface area contributed by atoms with Gasteiger partial charge in [0, 0.05) is 37.9 Å². The number of hydrogen-bond acceptors (Lipinski definition) is 4. The summed E-state index contributed by atoms with van der Waals surface area (Å²) in [6, 6.07) is 17.4. The second-order valence-electron chi connectivity index (χ2n) is 6.51. The van der Waals surface area contributed by atoms with Gasteiger partial charge < -0.3 is 19.9 Å². The number of rotatable bonds is 6. The van der Waals surface area contributed by atoms with E-state index >= 15 is 0 Å². The molecule has 1 N–H and O–H groups in total. The van der Waals surface area contributed by atoms with Gasteiger partial charge in [-0.05, 0) is 17.7 Å². The molecule has 1 aliphatic heterocycles. The third kappa shape index (κ3) is 5.23. The molecular weight excluding hydrogens is 342 g/mol. The number of nitrogens with zero attached hydrogens (tertiary/aromatic N) is 2. The van der Waals surface area contributed by atoms with Crippen molar-refractivity contribution >= 4 is 17.5 Å². The zero-order chi connectivity index (χ0) is 19.1. The third-order valence-electron chi connectivity index (χ3n) is 4.70. The number of piperazine rings is 1. The van der Waals surface area contributed by atoms with Crippen molar-refractivity contribution in [2.75, 3.05) is 44.7 Å². The molecule has 2 aromatic carbocycles. The Morgan fingerprint density at radius 1 is 1.00 bits per heavy atom. The fourth-order valence-electron chi connectivity index (χ4n) is 3.15. The molecule has 1 heterocycles. The second kappa shape index (κ2) is 9.07. The quantitative estimate of drug-likeness (QED) is 0.844. The van der Waals surface area contributed by atoms with Crippen LogP contribution in [0.15, 0.2) is 54.6 Å². The van der Waals surface area contributed by atoms with Crippen molar-refractivity contribution in [2.45, 2.75) is 6.42 Å². The molecule has 1 aliphatic rings. The fraction of sp³-hybridized carbons (Fsp3) is 0.333. The number of methoxy groups -OCH3 is 1. The van der Waals surface area contributed by atoms with Crippen LogP contribution >= 0.6 is 0 Å². The van der Waals surface area contributed by atoms with E-state index in [0.29, 0.717) is 13.1 Å². The molecule has 0 saturated carbocycles. The minimum atomic E-state index is -0.135. The summed E-state index contributed by atoms with van der Waals surface area (Å²) in [5, 5.41) is 2.73. The number of hydrogen-bond donors (Lipinski definition) is 1. The number of ether oxygens (including phenoxy) is 1. The summed E-state index contributed by atoms with van der Waals surface area (Å²) in [6.07, 6.45) is 0.289. The highest BCUT2D eigenvalue weighted by Crippen LogP contribution is 2.22. The van der Waals surface area contributed by atoms with Crippen LogP contribution in [0.2, 0.25) is 0 Å². The SMILES string of the molecule is COc1cccc(N2CCN(C(=O)CNC(=O)Cc3ccccc3)CC2)c1. The normalized spacial score (nSPS) is 14.0. The lowest BCUT2D eigenvalue weighted by Gasteiger charge is -2.36. The number of carbonyl (C=O) groups excluding carboxylic acids is 2. The highest BCUT2D eigenvalue weighted by atomic mass is 16.5. The molecule has 0 aliphatic carbocycles. The van der Waals surface area contributed by atoms with Gasteiger partial charge in [-0.1, -0.05) is 36.4 Å². The molecule has 0 radical (unpaired) electrons. The van der Waals surface area contributed by atoms with E-state index in [0.717, 1.165) is 30.1 Å². The predicted octanol–water partition coefficient (Wildman–Crippen LogP) is 1.70. The first-order valence-corrected chi connectivity index (χ1v) is 9.13. The Bertz CT molecular complexity index is 771. The van der Waals surface area contributed by atoms with Crippen molar-refractivity contribution in [3.63, 3.8) is 0 Å². The molecule has 0 spiro atoms. The van der Waals surface area contributed by atoms with Gasteiger partial charge in [-0.3, -0.25) is 9.59 Å². The van der Waals surface area contributed by atoms with Gasteiger partial charge in [0.25, 0.3) is 0 Å². The second-order valence-corrected chi connectivity index (χ2v) is 6.51. The molecule has 27 heavy (non-hydrogen) atoms. The first-order chi connectivity index (χ1) is 13.2. The average Bonchev–Trinajstić information content (AvgIpc) is 2.73. The molecule has 6 heteroatoms. The smallest absolute Gasteiger partial charge is 0.242 e. The molecule has 2 amide bonds. The minimum absolute atomic E-state index is 0.0401. The van der Waals surface area contributed by atoms with E-state index in [-0.39, 0.29) is 24.8 Å². The lowest BCUT2D eigenvalue weighted by atomic mass is 10.1. The van der Waals surface area contributed by atoms with Crippen LogP contribution in [0.1, 0.15) is 5.56 Å². The number of carbonyl (C=O) groups is 2. The van der Waals surface area contributed by atoms with Crippen LogP contribution in [0, 0.1) is 0 Å². The first kappa shape index (κ1) is 18.8. The first-order valence-electron chi connectivity index (χ1n) is 9.13. The Morgan fingerprint density at radius 2 is 1.74 bits per heavy atom. The van der Waals surface area contributed by atoms with E-state index in [9.17, 15) is 9.59 Å². The van der Waals surface area contributed by atoms with Crippen molar-refractivity contribution in [1.29, 1.82) is 0 Å². The van der Waals surface area contributed by atoms with Crippen LogP contribution in [-0.2, 0) is 16.0 Å². The van der Waals surface area contributed by atoms with Crippen molar-refractivity contribution in [1.82, 2.24) is 10.2 Å². The highest BCUT2D eigenvalue weighted by Gasteiger charge is 2.21. The Hall–Kier alpha value is -3.02. The maximum Gasteiger partial charge on any atom is 0.242 e. The average molecular weight is 367 g/mol. The number of anilines is 1. The van der Waals surface area contributed by atoms with Crippen molar-refractivity contribution in [3.05, 3.63) is 60.2 Å². The molecule has 1 saturated heterocycles. The summed E-state index contributed by atoms with van der Waals surface area (Å²) >= 11 is 0. The molecule has 1 fully saturated rings. The van der Waals surface area contributed by atoms with Crippen molar-refractivity contribution in [3.8, 4) is 5.75 Å². The molecule has 0 aromatic heterocycles. The molecule has 142 valence electrons. The van der Waals surface area contributed by atoms with Gasteiger partial charge in [-0.15, -0.1) is 0 Å². The monoisotopic (exact) mass is 367 g/mol. The molecule has 6 nitrogen and oxygen atoms in total. The maximum absolute atomic E-state index is 12.4. The maximum atomic E-state index is 12.4. The molecule has 3 rings (SSSR count). The largest absolute Gasteiger partial charge is 0.497 e. The van der Waals surface area contributed by atoms with E-state index in [1.54, 1.807) is 12.0 Å². The van der Waals surface area contributed by atoms with Crippen LogP contribution in [0.25, 0.3) is 0 Å². The van der Waals surface area contributed by atoms with Gasteiger partial charge in [0.2, 0.25) is 11.8 Å². The Kier molecular flexibility index (Phi) is 6.30. The van der Waals surface area contributed by atoms with Gasteiger partial charge in [0.15, 0.2) is 0 Å². The topological polar surface area (TPSA) is 61.9 Å². The van der Waals surface area contributed by atoms with Gasteiger partial charge in [0.1, 0.15) is 5.75 Å². The zero-order valence-corrected chi connectivity index (χ0v) is 15.6. The van der Waals surface area contributed by atoms with Gasteiger partial charge in [-0.2, -0.15) is 0 Å². The van der Waals surface area contributed by atoms with Crippen LogP contribution in [0.4, 0.5) is 5.69 Å². The Labute approximate surface area is 159 Å². The summed E-state index contributed by atoms with van der Waals surface area (Å²) in [7, 11) is 1.65. The van der Waals surface area contributed by atoms with Crippen LogP contribution in [0.5, 0.6) is 5.75 Å². The Balaban J connectivity index is 1.43. The Morgan fingerprint density at radius 3 is 2.44 bits per heavy atom. The number of benzene rings is 2. The molecule has 0 atom stereocenters. The lowest BCUT2D eigenvalue weighted by molar-refractivity contribution is -0.133. The molecule has 2 aromatic rings. The van der Waals surface area contributed by atoms with Gasteiger partial charge in [0.05, 0.1) is 20.1 Å². The van der Waals surface area contributed by atoms with E-state index in [1.165, 1.54) is 0 Å².